The Labute approximate surface area is 191 Å². The number of carbonyl (C=O) groups excluding carboxylic acids is 2. The van der Waals surface area contributed by atoms with Crippen LogP contribution in [0, 0.1) is 10.8 Å². The maximum atomic E-state index is 13.6. The van der Waals surface area contributed by atoms with E-state index >= 15 is 0 Å². The number of ether oxygens (including phenoxy) is 2. The molecular formula is C27H35NO4. The van der Waals surface area contributed by atoms with Gasteiger partial charge in [-0.3, -0.25) is 9.59 Å². The quantitative estimate of drug-likeness (QED) is 0.630. The average molecular weight is 438 g/mol. The fourth-order valence-corrected chi connectivity index (χ4v) is 5.80. The van der Waals surface area contributed by atoms with E-state index in [2.05, 4.69) is 39.5 Å². The van der Waals surface area contributed by atoms with Crippen molar-refractivity contribution >= 4 is 11.6 Å². The lowest BCUT2D eigenvalue weighted by Gasteiger charge is -2.49. The zero-order valence-electron chi connectivity index (χ0n) is 20.4. The maximum Gasteiger partial charge on any atom is 0.162 e. The van der Waals surface area contributed by atoms with Gasteiger partial charge in [-0.25, -0.2) is 0 Å². The number of hydrogen-bond donors (Lipinski definition) is 0. The minimum Gasteiger partial charge on any atom is -0.497 e. The smallest absolute Gasteiger partial charge is 0.162 e. The highest BCUT2D eigenvalue weighted by molar-refractivity contribution is 6.07. The summed E-state index contributed by atoms with van der Waals surface area (Å²) in [4.78, 5) is 29.5. The molecule has 3 aliphatic rings. The molecule has 172 valence electrons. The number of allylic oxidation sites excluding steroid dienone is 4. The van der Waals surface area contributed by atoms with Crippen LogP contribution in [0.25, 0.3) is 0 Å². The van der Waals surface area contributed by atoms with E-state index in [9.17, 15) is 9.59 Å². The van der Waals surface area contributed by atoms with Gasteiger partial charge in [0.2, 0.25) is 0 Å². The monoisotopic (exact) mass is 437 g/mol. The lowest BCUT2D eigenvalue weighted by molar-refractivity contribution is -0.119. The first kappa shape index (κ1) is 22.6. The Kier molecular flexibility index (Phi) is 5.51. The van der Waals surface area contributed by atoms with Crippen molar-refractivity contribution in [1.29, 1.82) is 0 Å². The van der Waals surface area contributed by atoms with E-state index in [1.807, 2.05) is 18.2 Å². The van der Waals surface area contributed by atoms with Crippen LogP contribution in [-0.2, 0) is 9.59 Å². The minimum absolute atomic E-state index is 0.107. The summed E-state index contributed by atoms with van der Waals surface area (Å²) in [6.45, 7) is 11.5. The third-order valence-corrected chi connectivity index (χ3v) is 7.09. The number of ketones is 2. The maximum absolute atomic E-state index is 13.6. The molecule has 2 aliphatic carbocycles. The summed E-state index contributed by atoms with van der Waals surface area (Å²) >= 11 is 0. The van der Waals surface area contributed by atoms with E-state index < -0.39 is 5.92 Å². The van der Waals surface area contributed by atoms with Crippen LogP contribution < -0.4 is 9.47 Å². The van der Waals surface area contributed by atoms with Crippen LogP contribution in [0.1, 0.15) is 71.8 Å². The molecule has 1 aromatic rings. The zero-order chi connectivity index (χ0) is 23.4. The van der Waals surface area contributed by atoms with Gasteiger partial charge >= 0.3 is 0 Å². The molecule has 0 spiro atoms. The molecule has 0 aromatic heterocycles. The van der Waals surface area contributed by atoms with Crippen molar-refractivity contribution in [3.05, 3.63) is 46.3 Å². The second kappa shape index (κ2) is 7.79. The average Bonchev–Trinajstić information content (AvgIpc) is 2.70. The molecule has 0 atom stereocenters. The van der Waals surface area contributed by atoms with Gasteiger partial charge in [0.15, 0.2) is 11.6 Å². The molecule has 0 radical (unpaired) electrons. The molecule has 0 fully saturated rings. The molecule has 0 bridgehead atoms. The lowest BCUT2D eigenvalue weighted by Crippen LogP contribution is -2.44. The van der Waals surface area contributed by atoms with E-state index in [1.165, 1.54) is 0 Å². The summed E-state index contributed by atoms with van der Waals surface area (Å²) in [5.41, 5.74) is 4.38. The first-order valence-corrected chi connectivity index (χ1v) is 11.5. The summed E-state index contributed by atoms with van der Waals surface area (Å²) in [6.07, 6.45) is 2.62. The van der Waals surface area contributed by atoms with E-state index in [1.54, 1.807) is 14.2 Å². The minimum atomic E-state index is -0.393. The van der Waals surface area contributed by atoms with Gasteiger partial charge in [-0.2, -0.15) is 0 Å². The van der Waals surface area contributed by atoms with E-state index in [0.717, 1.165) is 47.5 Å². The van der Waals surface area contributed by atoms with Crippen LogP contribution in [-0.4, -0.2) is 37.2 Å². The Morgan fingerprint density at radius 2 is 1.41 bits per heavy atom. The van der Waals surface area contributed by atoms with Gasteiger partial charge in [0.25, 0.3) is 0 Å². The van der Waals surface area contributed by atoms with Crippen molar-refractivity contribution in [3.8, 4) is 11.5 Å². The van der Waals surface area contributed by atoms with Crippen molar-refractivity contribution in [2.24, 2.45) is 10.8 Å². The topological polar surface area (TPSA) is 55.8 Å². The Hall–Kier alpha value is -2.56. The van der Waals surface area contributed by atoms with E-state index in [-0.39, 0.29) is 22.4 Å². The predicted octanol–water partition coefficient (Wildman–Crippen LogP) is 5.41. The van der Waals surface area contributed by atoms with Gasteiger partial charge in [-0.15, -0.1) is 0 Å². The van der Waals surface area contributed by atoms with Gasteiger partial charge in [0, 0.05) is 59.5 Å². The summed E-state index contributed by atoms with van der Waals surface area (Å²) in [7, 11) is 3.25. The molecule has 1 heterocycles. The van der Waals surface area contributed by atoms with Crippen LogP contribution in [0.5, 0.6) is 11.5 Å². The van der Waals surface area contributed by atoms with Gasteiger partial charge in [-0.1, -0.05) is 33.8 Å². The third kappa shape index (κ3) is 3.66. The van der Waals surface area contributed by atoms with Gasteiger partial charge in [0.1, 0.15) is 11.5 Å². The summed E-state index contributed by atoms with van der Waals surface area (Å²) in [6, 6.07) is 5.69. The summed E-state index contributed by atoms with van der Waals surface area (Å²) < 4.78 is 11.1. The third-order valence-electron chi connectivity index (χ3n) is 7.09. The van der Waals surface area contributed by atoms with E-state index in [0.29, 0.717) is 24.3 Å². The van der Waals surface area contributed by atoms with Gasteiger partial charge in [-0.05, 0) is 36.7 Å². The number of carbonyl (C=O) groups is 2. The molecule has 5 heteroatoms. The fraction of sp³-hybridized carbons (Fsp3) is 0.556. The van der Waals surface area contributed by atoms with Gasteiger partial charge in [0.05, 0.1) is 14.2 Å². The molecule has 5 nitrogen and oxygen atoms in total. The van der Waals surface area contributed by atoms with Crippen LogP contribution >= 0.6 is 0 Å². The number of hydrogen-bond acceptors (Lipinski definition) is 5. The highest BCUT2D eigenvalue weighted by Gasteiger charge is 2.49. The number of benzene rings is 1. The van der Waals surface area contributed by atoms with Crippen molar-refractivity contribution in [2.75, 3.05) is 20.8 Å². The largest absolute Gasteiger partial charge is 0.497 e. The molecule has 0 N–H and O–H groups in total. The van der Waals surface area contributed by atoms with Crippen molar-refractivity contribution in [3.63, 3.8) is 0 Å². The highest BCUT2D eigenvalue weighted by Crippen LogP contribution is 2.55. The first-order valence-electron chi connectivity index (χ1n) is 11.5. The standard InChI is InChI=1S/C27H35NO4/c1-8-28-18-12-26(2,3)14-20(29)24(18)23(17-10-9-16(31-6)11-22(17)32-7)25-19(28)13-27(4,5)15-21(25)30/h9-11,23H,8,12-15H2,1-7H3. The number of Topliss-reactive ketones (excluding diaryl/α,β-unsaturated/α-hetero) is 2. The van der Waals surface area contributed by atoms with Crippen molar-refractivity contribution < 1.29 is 19.1 Å². The summed E-state index contributed by atoms with van der Waals surface area (Å²) in [5, 5.41) is 0. The summed E-state index contributed by atoms with van der Waals surface area (Å²) in [5.74, 6) is 1.22. The Balaban J connectivity index is 2.02. The molecule has 0 unspecified atom stereocenters. The van der Waals surface area contributed by atoms with Crippen molar-refractivity contribution in [2.45, 2.75) is 66.2 Å². The lowest BCUT2D eigenvalue weighted by atomic mass is 9.63. The second-order valence-electron chi connectivity index (χ2n) is 10.9. The molecule has 1 aliphatic heterocycles. The molecule has 0 saturated heterocycles. The van der Waals surface area contributed by atoms with Crippen LogP contribution in [0.15, 0.2) is 40.7 Å². The number of nitrogens with zero attached hydrogens (tertiary/aromatic N) is 1. The normalized spacial score (nSPS) is 22.7. The number of methoxy groups -OCH3 is 2. The van der Waals surface area contributed by atoms with Crippen LogP contribution in [0.4, 0.5) is 0 Å². The molecule has 1 aromatic carbocycles. The molecule has 4 rings (SSSR count). The Morgan fingerprint density at radius 3 is 1.84 bits per heavy atom. The Bertz CT molecular complexity index is 990. The van der Waals surface area contributed by atoms with Crippen LogP contribution in [0.2, 0.25) is 0 Å². The first-order chi connectivity index (χ1) is 15.0. The van der Waals surface area contributed by atoms with Crippen molar-refractivity contribution in [1.82, 2.24) is 4.90 Å². The highest BCUT2D eigenvalue weighted by atomic mass is 16.5. The fourth-order valence-electron chi connectivity index (χ4n) is 5.80. The van der Waals surface area contributed by atoms with E-state index in [4.69, 9.17) is 9.47 Å². The molecule has 32 heavy (non-hydrogen) atoms. The molecule has 0 amide bonds. The number of rotatable bonds is 4. The SMILES string of the molecule is CCN1C2=C(C(=O)CC(C)(C)C2)C(c2ccc(OC)cc2OC)C2=C1CC(C)(C)CC2=O. The van der Waals surface area contributed by atoms with Crippen LogP contribution in [0.3, 0.4) is 0 Å². The Morgan fingerprint density at radius 1 is 0.875 bits per heavy atom. The molecular weight excluding hydrogens is 402 g/mol. The zero-order valence-corrected chi connectivity index (χ0v) is 20.4. The van der Waals surface area contributed by atoms with Gasteiger partial charge < -0.3 is 14.4 Å². The second-order valence-corrected chi connectivity index (χ2v) is 10.9. The molecule has 0 saturated carbocycles. The predicted molar refractivity (Wildman–Crippen MR) is 125 cm³/mol.